The summed E-state index contributed by atoms with van der Waals surface area (Å²) in [6.45, 7) is 1.86. The van der Waals surface area contributed by atoms with E-state index in [-0.39, 0.29) is 6.04 Å². The number of fused-ring (bicyclic) bond motifs is 1. The highest BCUT2D eigenvalue weighted by atomic mass is 16.7. The summed E-state index contributed by atoms with van der Waals surface area (Å²) in [7, 11) is 4.15. The van der Waals surface area contributed by atoms with Gasteiger partial charge in [0.2, 0.25) is 0 Å². The van der Waals surface area contributed by atoms with E-state index in [1.54, 1.807) is 0 Å². The molecule has 4 nitrogen and oxygen atoms in total. The zero-order valence-corrected chi connectivity index (χ0v) is 17.5. The van der Waals surface area contributed by atoms with E-state index in [2.05, 4.69) is 114 Å². The molecular weight excluding hydrogens is 370 g/mol. The van der Waals surface area contributed by atoms with Crippen molar-refractivity contribution >= 4 is 11.4 Å². The van der Waals surface area contributed by atoms with Crippen molar-refractivity contribution in [3.8, 4) is 0 Å². The van der Waals surface area contributed by atoms with E-state index < -0.39 is 0 Å². The van der Waals surface area contributed by atoms with Gasteiger partial charge in [-0.3, -0.25) is 0 Å². The maximum Gasteiger partial charge on any atom is 0.155 e. The Morgan fingerprint density at radius 2 is 1.53 bits per heavy atom. The molecule has 2 atom stereocenters. The summed E-state index contributed by atoms with van der Waals surface area (Å²) in [6, 6.07) is 30.0. The number of para-hydroxylation sites is 1. The molecule has 30 heavy (non-hydrogen) atoms. The second-order valence-corrected chi connectivity index (χ2v) is 8.24. The minimum Gasteiger partial charge on any atom is -0.381 e. The minimum atomic E-state index is 0.149. The van der Waals surface area contributed by atoms with Gasteiger partial charge in [-0.15, -0.1) is 0 Å². The Balaban J connectivity index is 1.45. The van der Waals surface area contributed by atoms with Crippen LogP contribution in [0.3, 0.4) is 0 Å². The van der Waals surface area contributed by atoms with Crippen LogP contribution < -0.4 is 9.96 Å². The van der Waals surface area contributed by atoms with Crippen LogP contribution in [0.2, 0.25) is 0 Å². The minimum absolute atomic E-state index is 0.149. The lowest BCUT2D eigenvalue weighted by molar-refractivity contribution is 0.208. The standard InChI is InChI=1S/C26H27N3O/c1-27(2)22-15-13-21(14-16-22)26-24-18-28(17-20-9-5-3-6-10-20)19-25(24)30-29(26)23-11-7-4-8-12-23/h3-16,19,24,26H,17-18H2,1-2H3. The summed E-state index contributed by atoms with van der Waals surface area (Å²) in [5.41, 5.74) is 4.89. The lowest BCUT2D eigenvalue weighted by Crippen LogP contribution is -2.29. The van der Waals surface area contributed by atoms with Gasteiger partial charge in [-0.25, -0.2) is 5.06 Å². The molecule has 1 saturated heterocycles. The topological polar surface area (TPSA) is 19.0 Å². The van der Waals surface area contributed by atoms with Crippen molar-refractivity contribution < 1.29 is 4.84 Å². The first-order chi connectivity index (χ1) is 14.7. The maximum absolute atomic E-state index is 6.43. The molecule has 2 unspecified atom stereocenters. The molecule has 0 aliphatic carbocycles. The number of hydrogen-bond donors (Lipinski definition) is 0. The number of hydroxylamine groups is 1. The van der Waals surface area contributed by atoms with Crippen LogP contribution in [-0.4, -0.2) is 25.5 Å². The first-order valence-electron chi connectivity index (χ1n) is 10.5. The van der Waals surface area contributed by atoms with E-state index in [0.29, 0.717) is 5.92 Å². The highest BCUT2D eigenvalue weighted by Gasteiger charge is 2.45. The molecule has 2 aliphatic rings. The smallest absolute Gasteiger partial charge is 0.155 e. The second-order valence-electron chi connectivity index (χ2n) is 8.24. The van der Waals surface area contributed by atoms with Gasteiger partial charge in [-0.1, -0.05) is 60.7 Å². The Kier molecular flexibility index (Phi) is 4.83. The van der Waals surface area contributed by atoms with Gasteiger partial charge in [-0.2, -0.15) is 0 Å². The van der Waals surface area contributed by atoms with Crippen molar-refractivity contribution in [3.05, 3.63) is 108 Å². The molecule has 0 aromatic heterocycles. The molecular formula is C26H27N3O. The number of hydrogen-bond acceptors (Lipinski definition) is 4. The maximum atomic E-state index is 6.43. The van der Waals surface area contributed by atoms with Crippen molar-refractivity contribution in [1.82, 2.24) is 4.90 Å². The molecule has 0 N–H and O–H groups in total. The number of rotatable bonds is 5. The molecule has 0 spiro atoms. The number of benzene rings is 3. The molecule has 4 heteroatoms. The lowest BCUT2D eigenvalue weighted by Gasteiger charge is -2.29. The quantitative estimate of drug-likeness (QED) is 0.588. The summed E-state index contributed by atoms with van der Waals surface area (Å²) in [6.07, 6.45) is 2.20. The third kappa shape index (κ3) is 3.50. The third-order valence-corrected chi connectivity index (χ3v) is 5.93. The summed E-state index contributed by atoms with van der Waals surface area (Å²) < 4.78 is 0. The second kappa shape index (κ2) is 7.79. The summed E-state index contributed by atoms with van der Waals surface area (Å²) >= 11 is 0. The van der Waals surface area contributed by atoms with Gasteiger partial charge in [0.05, 0.1) is 11.6 Å². The number of anilines is 2. The van der Waals surface area contributed by atoms with Crippen LogP contribution in [0.25, 0.3) is 0 Å². The fourth-order valence-corrected chi connectivity index (χ4v) is 4.41. The average Bonchev–Trinajstić information content (AvgIpc) is 3.32. The SMILES string of the molecule is CN(C)c1ccc(C2C3CN(Cc4ccccc4)C=C3ON2c2ccccc2)cc1. The molecule has 0 saturated carbocycles. The van der Waals surface area contributed by atoms with Crippen LogP contribution in [0.4, 0.5) is 11.4 Å². The molecule has 0 amide bonds. The monoisotopic (exact) mass is 397 g/mol. The van der Waals surface area contributed by atoms with Crippen LogP contribution in [0.5, 0.6) is 0 Å². The Hall–Kier alpha value is -3.40. The number of nitrogens with zero attached hydrogens (tertiary/aromatic N) is 3. The molecule has 0 bridgehead atoms. The van der Waals surface area contributed by atoms with Crippen molar-refractivity contribution in [1.29, 1.82) is 0 Å². The molecule has 1 fully saturated rings. The van der Waals surface area contributed by atoms with E-state index >= 15 is 0 Å². The van der Waals surface area contributed by atoms with Gasteiger partial charge in [0.25, 0.3) is 0 Å². The van der Waals surface area contributed by atoms with Crippen LogP contribution in [0.1, 0.15) is 17.2 Å². The molecule has 0 radical (unpaired) electrons. The fourth-order valence-electron chi connectivity index (χ4n) is 4.41. The van der Waals surface area contributed by atoms with Gasteiger partial charge in [0, 0.05) is 39.1 Å². The van der Waals surface area contributed by atoms with Gasteiger partial charge < -0.3 is 14.6 Å². The Morgan fingerprint density at radius 3 is 2.20 bits per heavy atom. The van der Waals surface area contributed by atoms with Crippen LogP contribution in [0, 0.1) is 5.92 Å². The van der Waals surface area contributed by atoms with Crippen molar-refractivity contribution in [2.24, 2.45) is 5.92 Å². The zero-order valence-electron chi connectivity index (χ0n) is 17.5. The largest absolute Gasteiger partial charge is 0.381 e. The molecule has 3 aromatic rings. The van der Waals surface area contributed by atoms with E-state index in [9.17, 15) is 0 Å². The zero-order chi connectivity index (χ0) is 20.5. The van der Waals surface area contributed by atoms with Gasteiger partial charge in [0.15, 0.2) is 5.76 Å². The Labute approximate surface area is 178 Å². The Morgan fingerprint density at radius 1 is 0.867 bits per heavy atom. The van der Waals surface area contributed by atoms with Crippen molar-refractivity contribution in [2.75, 3.05) is 30.6 Å². The summed E-state index contributed by atoms with van der Waals surface area (Å²) in [4.78, 5) is 10.9. The van der Waals surface area contributed by atoms with Crippen LogP contribution in [0.15, 0.2) is 96.9 Å². The van der Waals surface area contributed by atoms with E-state index in [0.717, 1.165) is 24.5 Å². The first kappa shape index (κ1) is 18.6. The van der Waals surface area contributed by atoms with Crippen molar-refractivity contribution in [2.45, 2.75) is 12.6 Å². The van der Waals surface area contributed by atoms with Gasteiger partial charge >= 0.3 is 0 Å². The molecule has 5 rings (SSSR count). The molecule has 2 heterocycles. The third-order valence-electron chi connectivity index (χ3n) is 5.93. The average molecular weight is 398 g/mol. The highest BCUT2D eigenvalue weighted by molar-refractivity contribution is 5.52. The van der Waals surface area contributed by atoms with Crippen LogP contribution in [-0.2, 0) is 11.4 Å². The fraction of sp³-hybridized carbons (Fsp3) is 0.231. The highest BCUT2D eigenvalue weighted by Crippen LogP contribution is 2.47. The van der Waals surface area contributed by atoms with Crippen molar-refractivity contribution in [3.63, 3.8) is 0 Å². The lowest BCUT2D eigenvalue weighted by atomic mass is 9.93. The summed E-state index contributed by atoms with van der Waals surface area (Å²) in [5.74, 6) is 1.36. The Bertz CT molecular complexity index is 1020. The van der Waals surface area contributed by atoms with Gasteiger partial charge in [-0.05, 0) is 35.4 Å². The van der Waals surface area contributed by atoms with E-state index in [4.69, 9.17) is 4.84 Å². The summed E-state index contributed by atoms with van der Waals surface area (Å²) in [5, 5.41) is 2.08. The van der Waals surface area contributed by atoms with Crippen LogP contribution >= 0.6 is 0 Å². The van der Waals surface area contributed by atoms with E-state index in [1.165, 1.54) is 16.8 Å². The first-order valence-corrected chi connectivity index (χ1v) is 10.5. The molecule has 2 aliphatic heterocycles. The predicted octanol–water partition coefficient (Wildman–Crippen LogP) is 5.22. The predicted molar refractivity (Wildman–Crippen MR) is 122 cm³/mol. The normalized spacial score (nSPS) is 20.0. The molecule has 3 aromatic carbocycles. The van der Waals surface area contributed by atoms with Gasteiger partial charge in [0.1, 0.15) is 6.04 Å². The molecule has 152 valence electrons. The van der Waals surface area contributed by atoms with E-state index in [1.807, 2.05) is 6.07 Å².